The van der Waals surface area contributed by atoms with Crippen molar-refractivity contribution in [3.05, 3.63) is 60.0 Å². The van der Waals surface area contributed by atoms with Gasteiger partial charge in [0, 0.05) is 41.0 Å². The molecular weight excluding hydrogens is 374 g/mol. The minimum Gasteiger partial charge on any atom is -0.456 e. The van der Waals surface area contributed by atoms with Crippen LogP contribution < -0.4 is 5.32 Å². The van der Waals surface area contributed by atoms with Crippen molar-refractivity contribution in [1.82, 2.24) is 14.7 Å². The molecule has 1 unspecified atom stereocenters. The van der Waals surface area contributed by atoms with Gasteiger partial charge in [0.05, 0.1) is 12.3 Å². The quantitative estimate of drug-likeness (QED) is 0.506. The smallest absolute Gasteiger partial charge is 0.138 e. The molecule has 0 bridgehead atoms. The van der Waals surface area contributed by atoms with Crippen molar-refractivity contribution in [2.75, 3.05) is 6.54 Å². The van der Waals surface area contributed by atoms with Crippen LogP contribution in [0.3, 0.4) is 0 Å². The lowest BCUT2D eigenvalue weighted by molar-refractivity contribution is 0.631. The van der Waals surface area contributed by atoms with Gasteiger partial charge in [0.15, 0.2) is 0 Å². The monoisotopic (exact) mass is 399 g/mol. The molecule has 6 nitrogen and oxygen atoms in total. The third-order valence-electron chi connectivity index (χ3n) is 5.27. The fourth-order valence-electron chi connectivity index (χ4n) is 3.81. The number of amidine groups is 1. The summed E-state index contributed by atoms with van der Waals surface area (Å²) in [5.41, 5.74) is 5.64. The standard InChI is InChI=1S/C24H25N5O/c1-14(2)26-16(4)20-13-29-8-7-18(11-23(29)28-20)21-9-17-5-6-19(10-22(17)30-21)24-25-12-15(3)27-24/h5-11,13-15H,12H2,1-4H3,(H,25,27). The maximum atomic E-state index is 6.19. The van der Waals surface area contributed by atoms with Crippen LogP contribution in [0.5, 0.6) is 0 Å². The zero-order valence-electron chi connectivity index (χ0n) is 17.7. The Labute approximate surface area is 175 Å². The van der Waals surface area contributed by atoms with E-state index >= 15 is 0 Å². The van der Waals surface area contributed by atoms with Gasteiger partial charge in [-0.1, -0.05) is 12.1 Å². The van der Waals surface area contributed by atoms with E-state index in [4.69, 9.17) is 9.40 Å². The number of hydrogen-bond acceptors (Lipinski definition) is 5. The highest BCUT2D eigenvalue weighted by atomic mass is 16.3. The molecule has 1 aliphatic heterocycles. The summed E-state index contributed by atoms with van der Waals surface area (Å²) in [4.78, 5) is 13.9. The molecule has 30 heavy (non-hydrogen) atoms. The van der Waals surface area contributed by atoms with Crippen LogP contribution in [0.1, 0.15) is 39.0 Å². The first kappa shape index (κ1) is 18.6. The zero-order valence-corrected chi connectivity index (χ0v) is 17.7. The summed E-state index contributed by atoms with van der Waals surface area (Å²) in [5, 5.41) is 4.48. The lowest BCUT2D eigenvalue weighted by Crippen LogP contribution is -2.27. The Bertz CT molecular complexity index is 1310. The number of imidazole rings is 1. The maximum Gasteiger partial charge on any atom is 0.138 e. The van der Waals surface area contributed by atoms with Gasteiger partial charge < -0.3 is 14.1 Å². The molecule has 4 aromatic rings. The molecule has 0 radical (unpaired) electrons. The number of aromatic nitrogens is 2. The minimum atomic E-state index is 0.249. The summed E-state index contributed by atoms with van der Waals surface area (Å²) in [6, 6.07) is 13.0. The summed E-state index contributed by atoms with van der Waals surface area (Å²) >= 11 is 0. The van der Waals surface area contributed by atoms with Crippen molar-refractivity contribution in [3.63, 3.8) is 0 Å². The first-order valence-corrected chi connectivity index (χ1v) is 10.3. The molecule has 1 atom stereocenters. The third-order valence-corrected chi connectivity index (χ3v) is 5.27. The van der Waals surface area contributed by atoms with Crippen LogP contribution in [0.2, 0.25) is 0 Å². The Morgan fingerprint density at radius 2 is 2.07 bits per heavy atom. The van der Waals surface area contributed by atoms with E-state index in [2.05, 4.69) is 72.5 Å². The number of aliphatic imine (C=N–C) groups is 2. The summed E-state index contributed by atoms with van der Waals surface area (Å²) in [7, 11) is 0. The maximum absolute atomic E-state index is 6.19. The zero-order chi connectivity index (χ0) is 20.8. The molecule has 3 aromatic heterocycles. The number of fused-ring (bicyclic) bond motifs is 2. The van der Waals surface area contributed by atoms with Crippen LogP contribution in [0.25, 0.3) is 27.9 Å². The fourth-order valence-corrected chi connectivity index (χ4v) is 3.81. The second kappa shape index (κ2) is 7.13. The Balaban J connectivity index is 1.50. The van der Waals surface area contributed by atoms with Gasteiger partial charge in [-0.15, -0.1) is 0 Å². The van der Waals surface area contributed by atoms with E-state index in [1.54, 1.807) is 0 Å². The lowest BCUT2D eigenvalue weighted by atomic mass is 10.1. The van der Waals surface area contributed by atoms with Crippen molar-refractivity contribution >= 4 is 28.2 Å². The lowest BCUT2D eigenvalue weighted by Gasteiger charge is -2.05. The van der Waals surface area contributed by atoms with E-state index < -0.39 is 0 Å². The number of pyridine rings is 1. The van der Waals surface area contributed by atoms with E-state index in [0.29, 0.717) is 6.04 Å². The highest BCUT2D eigenvalue weighted by Crippen LogP contribution is 2.29. The van der Waals surface area contributed by atoms with Crippen molar-refractivity contribution in [2.24, 2.45) is 9.98 Å². The second-order valence-corrected chi connectivity index (χ2v) is 8.21. The molecule has 5 rings (SSSR count). The SMILES string of the molecule is CC(=NC(C)C)c1cn2ccc(-c3cc4ccc(C5=NCC(C)N5)cc4o3)cc2n1. The van der Waals surface area contributed by atoms with Crippen LogP contribution in [-0.4, -0.2) is 39.6 Å². The first-order chi connectivity index (χ1) is 14.5. The van der Waals surface area contributed by atoms with Gasteiger partial charge in [0.25, 0.3) is 0 Å². The molecule has 152 valence electrons. The molecule has 1 aromatic carbocycles. The van der Waals surface area contributed by atoms with Gasteiger partial charge >= 0.3 is 0 Å². The molecule has 0 aliphatic carbocycles. The average molecular weight is 399 g/mol. The Morgan fingerprint density at radius 1 is 1.20 bits per heavy atom. The van der Waals surface area contributed by atoms with Gasteiger partial charge in [0.1, 0.15) is 28.5 Å². The number of furan rings is 1. The number of nitrogens with zero attached hydrogens (tertiary/aromatic N) is 4. The Kier molecular flexibility index (Phi) is 4.42. The second-order valence-electron chi connectivity index (χ2n) is 8.21. The molecule has 6 heteroatoms. The highest BCUT2D eigenvalue weighted by Gasteiger charge is 2.16. The van der Waals surface area contributed by atoms with Crippen molar-refractivity contribution in [3.8, 4) is 11.3 Å². The third kappa shape index (κ3) is 3.38. The summed E-state index contributed by atoms with van der Waals surface area (Å²) in [6.07, 6.45) is 4.03. The molecule has 1 aliphatic rings. The van der Waals surface area contributed by atoms with Gasteiger partial charge in [-0.3, -0.25) is 9.98 Å². The normalized spacial score (nSPS) is 17.2. The number of rotatable bonds is 4. The topological polar surface area (TPSA) is 67.2 Å². The number of benzene rings is 1. The molecule has 1 N–H and O–H groups in total. The molecule has 0 saturated carbocycles. The average Bonchev–Trinajstić information content (AvgIpc) is 3.43. The van der Waals surface area contributed by atoms with Gasteiger partial charge in [-0.05, 0) is 52.0 Å². The Hall–Kier alpha value is -3.41. The highest BCUT2D eigenvalue weighted by molar-refractivity contribution is 6.02. The van der Waals surface area contributed by atoms with E-state index in [-0.39, 0.29) is 6.04 Å². The van der Waals surface area contributed by atoms with Gasteiger partial charge in [0.2, 0.25) is 0 Å². The molecular formula is C24H25N5O. The molecule has 0 saturated heterocycles. The van der Waals surface area contributed by atoms with Gasteiger partial charge in [-0.2, -0.15) is 0 Å². The summed E-state index contributed by atoms with van der Waals surface area (Å²) < 4.78 is 8.21. The number of hydrogen-bond donors (Lipinski definition) is 1. The number of nitrogens with one attached hydrogen (secondary N) is 1. The van der Waals surface area contributed by atoms with E-state index in [1.165, 1.54) is 0 Å². The largest absolute Gasteiger partial charge is 0.456 e. The van der Waals surface area contributed by atoms with Crippen LogP contribution >= 0.6 is 0 Å². The predicted octanol–water partition coefficient (Wildman–Crippen LogP) is 4.70. The predicted molar refractivity (Wildman–Crippen MR) is 122 cm³/mol. The minimum absolute atomic E-state index is 0.249. The summed E-state index contributed by atoms with van der Waals surface area (Å²) in [6.45, 7) is 9.09. The van der Waals surface area contributed by atoms with Crippen molar-refractivity contribution in [1.29, 1.82) is 0 Å². The van der Waals surface area contributed by atoms with Crippen LogP contribution in [-0.2, 0) is 0 Å². The van der Waals surface area contributed by atoms with Crippen LogP contribution in [0, 0.1) is 0 Å². The molecule has 4 heterocycles. The fraction of sp³-hybridized carbons (Fsp3) is 0.292. The first-order valence-electron chi connectivity index (χ1n) is 10.3. The molecule has 0 amide bonds. The van der Waals surface area contributed by atoms with Crippen molar-refractivity contribution < 1.29 is 4.42 Å². The van der Waals surface area contributed by atoms with E-state index in [0.717, 1.165) is 57.3 Å². The molecule has 0 spiro atoms. The van der Waals surface area contributed by atoms with Gasteiger partial charge in [-0.25, -0.2) is 4.98 Å². The Morgan fingerprint density at radius 3 is 2.83 bits per heavy atom. The van der Waals surface area contributed by atoms with Crippen LogP contribution in [0.15, 0.2) is 63.2 Å². The molecule has 0 fully saturated rings. The van der Waals surface area contributed by atoms with E-state index in [9.17, 15) is 0 Å². The van der Waals surface area contributed by atoms with E-state index in [1.807, 2.05) is 23.7 Å². The summed E-state index contributed by atoms with van der Waals surface area (Å²) in [5.74, 6) is 1.77. The van der Waals surface area contributed by atoms with Crippen molar-refractivity contribution in [2.45, 2.75) is 39.8 Å². The van der Waals surface area contributed by atoms with Crippen LogP contribution in [0.4, 0.5) is 0 Å².